The molecule has 0 saturated carbocycles. The van der Waals surface area contributed by atoms with Crippen molar-refractivity contribution in [1.29, 1.82) is 0 Å². The molecular formula is C21H14Cl4N4O2. The Hall–Kier alpha value is -2.64. The predicted molar refractivity (Wildman–Crippen MR) is 125 cm³/mol. The van der Waals surface area contributed by atoms with Crippen molar-refractivity contribution >= 4 is 70.1 Å². The van der Waals surface area contributed by atoms with E-state index in [1.165, 1.54) is 24.5 Å². The molecule has 0 unspecified atom stereocenters. The van der Waals surface area contributed by atoms with Crippen molar-refractivity contribution in [3.05, 3.63) is 91.1 Å². The highest BCUT2D eigenvalue weighted by molar-refractivity contribution is 6.42. The lowest BCUT2D eigenvalue weighted by Gasteiger charge is -2.14. The number of nitrogens with one attached hydrogen (secondary N) is 2. The number of rotatable bonds is 5. The molecule has 0 aliphatic rings. The molecule has 6 nitrogen and oxygen atoms in total. The van der Waals surface area contributed by atoms with E-state index in [1.54, 1.807) is 37.3 Å². The van der Waals surface area contributed by atoms with Gasteiger partial charge < -0.3 is 5.32 Å². The third kappa shape index (κ3) is 5.74. The van der Waals surface area contributed by atoms with E-state index in [-0.39, 0.29) is 22.0 Å². The summed E-state index contributed by atoms with van der Waals surface area (Å²) in [7, 11) is 0. The standard InChI is InChI=1S/C21H14Cl4N4O2/c1-11-7-13(22)9-15(18(11)28-20(30)14-3-2-6-26-19(14)25)21(31)29-27-10-12-4-5-16(23)17(24)8-12/h2-10H,1H3,(H,28,30)(H,29,31)/b27-10-. The van der Waals surface area contributed by atoms with E-state index in [0.717, 1.165) is 0 Å². The Morgan fingerprint density at radius 2 is 1.74 bits per heavy atom. The van der Waals surface area contributed by atoms with Gasteiger partial charge in [-0.2, -0.15) is 5.10 Å². The molecular weight excluding hydrogens is 482 g/mol. The minimum absolute atomic E-state index is 0.0452. The van der Waals surface area contributed by atoms with Crippen molar-refractivity contribution in [1.82, 2.24) is 10.4 Å². The van der Waals surface area contributed by atoms with Crippen LogP contribution in [0.4, 0.5) is 5.69 Å². The Bertz CT molecular complexity index is 1200. The molecule has 1 heterocycles. The number of benzene rings is 2. The lowest BCUT2D eigenvalue weighted by Crippen LogP contribution is -2.22. The van der Waals surface area contributed by atoms with Gasteiger partial charge in [0.25, 0.3) is 11.8 Å². The molecule has 10 heteroatoms. The van der Waals surface area contributed by atoms with Gasteiger partial charge in [-0.15, -0.1) is 0 Å². The summed E-state index contributed by atoms with van der Waals surface area (Å²) >= 11 is 24.0. The molecule has 0 aliphatic heterocycles. The molecule has 0 radical (unpaired) electrons. The molecule has 2 amide bonds. The summed E-state index contributed by atoms with van der Waals surface area (Å²) in [4.78, 5) is 29.3. The molecule has 0 fully saturated rings. The van der Waals surface area contributed by atoms with E-state index in [0.29, 0.717) is 26.2 Å². The third-order valence-electron chi connectivity index (χ3n) is 4.11. The molecule has 0 bridgehead atoms. The molecule has 3 rings (SSSR count). The minimum Gasteiger partial charge on any atom is -0.321 e. The van der Waals surface area contributed by atoms with Crippen LogP contribution in [0.3, 0.4) is 0 Å². The number of carbonyl (C=O) groups is 2. The van der Waals surface area contributed by atoms with Crippen LogP contribution in [0.25, 0.3) is 0 Å². The molecule has 2 aromatic carbocycles. The number of pyridine rings is 1. The van der Waals surface area contributed by atoms with Gasteiger partial charge in [-0.05, 0) is 54.4 Å². The first kappa shape index (κ1) is 23.0. The lowest BCUT2D eigenvalue weighted by molar-refractivity contribution is 0.0956. The van der Waals surface area contributed by atoms with Crippen molar-refractivity contribution in [3.63, 3.8) is 0 Å². The number of halogens is 4. The molecule has 0 spiro atoms. The second kappa shape index (κ2) is 10.1. The van der Waals surface area contributed by atoms with Gasteiger partial charge in [-0.1, -0.05) is 52.5 Å². The van der Waals surface area contributed by atoms with Gasteiger partial charge in [0.1, 0.15) is 5.15 Å². The molecule has 158 valence electrons. The molecule has 0 aliphatic carbocycles. The summed E-state index contributed by atoms with van der Waals surface area (Å²) in [5, 5.41) is 7.77. The third-order valence-corrected chi connectivity index (χ3v) is 5.37. The predicted octanol–water partition coefficient (Wildman–Crippen LogP) is 6.02. The van der Waals surface area contributed by atoms with Gasteiger partial charge >= 0.3 is 0 Å². The van der Waals surface area contributed by atoms with Crippen molar-refractivity contribution in [2.24, 2.45) is 5.10 Å². The Kier molecular flexibility index (Phi) is 7.51. The number of hydrogen-bond acceptors (Lipinski definition) is 4. The summed E-state index contributed by atoms with van der Waals surface area (Å²) in [5.41, 5.74) is 4.20. The van der Waals surface area contributed by atoms with Crippen LogP contribution < -0.4 is 10.7 Å². The van der Waals surface area contributed by atoms with Crippen LogP contribution in [0.2, 0.25) is 20.2 Å². The summed E-state index contributed by atoms with van der Waals surface area (Å²) < 4.78 is 0. The fraction of sp³-hybridized carbons (Fsp3) is 0.0476. The van der Waals surface area contributed by atoms with Crippen LogP contribution in [-0.4, -0.2) is 23.0 Å². The first-order chi connectivity index (χ1) is 14.8. The largest absolute Gasteiger partial charge is 0.321 e. The number of aromatic nitrogens is 1. The van der Waals surface area contributed by atoms with Crippen LogP contribution in [0.15, 0.2) is 53.8 Å². The highest BCUT2D eigenvalue weighted by atomic mass is 35.5. The maximum Gasteiger partial charge on any atom is 0.273 e. The topological polar surface area (TPSA) is 83.5 Å². The highest BCUT2D eigenvalue weighted by Gasteiger charge is 2.19. The molecule has 3 aromatic rings. The van der Waals surface area contributed by atoms with E-state index in [1.807, 2.05) is 0 Å². The Balaban J connectivity index is 1.84. The number of hydrogen-bond donors (Lipinski definition) is 2. The number of carbonyl (C=O) groups excluding carboxylic acids is 2. The molecule has 0 atom stereocenters. The Morgan fingerprint density at radius 3 is 2.45 bits per heavy atom. The van der Waals surface area contributed by atoms with Gasteiger partial charge in [0.2, 0.25) is 0 Å². The Morgan fingerprint density at radius 1 is 0.968 bits per heavy atom. The fourth-order valence-corrected chi connectivity index (χ4v) is 3.43. The monoisotopic (exact) mass is 494 g/mol. The molecule has 1 aromatic heterocycles. The number of amides is 2. The maximum atomic E-state index is 12.7. The summed E-state index contributed by atoms with van der Waals surface area (Å²) in [6, 6.07) is 11.1. The number of nitrogens with zero attached hydrogens (tertiary/aromatic N) is 2. The van der Waals surface area contributed by atoms with Gasteiger partial charge in [-0.25, -0.2) is 10.4 Å². The number of anilines is 1. The second-order valence-corrected chi connectivity index (χ2v) is 7.92. The molecule has 31 heavy (non-hydrogen) atoms. The van der Waals surface area contributed by atoms with E-state index in [9.17, 15) is 9.59 Å². The fourth-order valence-electron chi connectivity index (χ4n) is 2.64. The zero-order chi connectivity index (χ0) is 22.5. The van der Waals surface area contributed by atoms with Crippen LogP contribution in [0, 0.1) is 6.92 Å². The van der Waals surface area contributed by atoms with Crippen molar-refractivity contribution in [2.45, 2.75) is 6.92 Å². The first-order valence-corrected chi connectivity index (χ1v) is 10.3. The van der Waals surface area contributed by atoms with E-state index in [4.69, 9.17) is 46.4 Å². The SMILES string of the molecule is Cc1cc(Cl)cc(C(=O)N/N=C\c2ccc(Cl)c(Cl)c2)c1NC(=O)c1cccnc1Cl. The zero-order valence-corrected chi connectivity index (χ0v) is 18.9. The van der Waals surface area contributed by atoms with E-state index >= 15 is 0 Å². The van der Waals surface area contributed by atoms with Crippen LogP contribution in [0.1, 0.15) is 31.8 Å². The average Bonchev–Trinajstić information content (AvgIpc) is 2.72. The zero-order valence-electron chi connectivity index (χ0n) is 15.9. The summed E-state index contributed by atoms with van der Waals surface area (Å²) in [5.74, 6) is -1.09. The van der Waals surface area contributed by atoms with Crippen molar-refractivity contribution in [2.75, 3.05) is 5.32 Å². The first-order valence-electron chi connectivity index (χ1n) is 8.76. The van der Waals surface area contributed by atoms with Crippen molar-refractivity contribution < 1.29 is 9.59 Å². The average molecular weight is 496 g/mol. The van der Waals surface area contributed by atoms with Gasteiger partial charge in [-0.3, -0.25) is 9.59 Å². The number of hydrazone groups is 1. The lowest BCUT2D eigenvalue weighted by atomic mass is 10.1. The van der Waals surface area contributed by atoms with Crippen LogP contribution in [0.5, 0.6) is 0 Å². The summed E-state index contributed by atoms with van der Waals surface area (Å²) in [6.07, 6.45) is 2.88. The maximum absolute atomic E-state index is 12.7. The highest BCUT2D eigenvalue weighted by Crippen LogP contribution is 2.27. The van der Waals surface area contributed by atoms with Crippen LogP contribution >= 0.6 is 46.4 Å². The normalized spacial score (nSPS) is 10.9. The summed E-state index contributed by atoms with van der Waals surface area (Å²) in [6.45, 7) is 1.71. The molecule has 0 saturated heterocycles. The number of aryl methyl sites for hydroxylation is 1. The van der Waals surface area contributed by atoms with Gasteiger partial charge in [0.15, 0.2) is 0 Å². The van der Waals surface area contributed by atoms with E-state index < -0.39 is 11.8 Å². The van der Waals surface area contributed by atoms with Gasteiger partial charge in [0, 0.05) is 11.2 Å². The molecule has 2 N–H and O–H groups in total. The van der Waals surface area contributed by atoms with Crippen molar-refractivity contribution in [3.8, 4) is 0 Å². The smallest absolute Gasteiger partial charge is 0.273 e. The van der Waals surface area contributed by atoms with E-state index in [2.05, 4.69) is 20.8 Å². The van der Waals surface area contributed by atoms with Gasteiger partial charge in [0.05, 0.1) is 33.1 Å². The minimum atomic E-state index is -0.575. The quantitative estimate of drug-likeness (QED) is 0.258. The second-order valence-electron chi connectivity index (χ2n) is 6.31. The Labute approximate surface area is 198 Å². The van der Waals surface area contributed by atoms with Crippen LogP contribution in [-0.2, 0) is 0 Å².